The van der Waals surface area contributed by atoms with Crippen LogP contribution < -0.4 is 5.73 Å². The first kappa shape index (κ1) is 14.0. The number of thiocarbonyl (C=S) groups is 1. The molecule has 0 atom stereocenters. The number of likely N-dealkylation sites (tertiary alicyclic amines) is 1. The third-order valence-electron chi connectivity index (χ3n) is 3.48. The number of piperidine rings is 1. The van der Waals surface area contributed by atoms with Gasteiger partial charge in [0.2, 0.25) is 0 Å². The topological polar surface area (TPSA) is 55.6 Å². The lowest BCUT2D eigenvalue weighted by Gasteiger charge is -2.31. The van der Waals surface area contributed by atoms with Crippen LogP contribution in [0.25, 0.3) is 0 Å². The number of rotatable bonds is 3. The highest BCUT2D eigenvalue weighted by molar-refractivity contribution is 7.80. The summed E-state index contributed by atoms with van der Waals surface area (Å²) in [6.45, 7) is 1.49. The van der Waals surface area contributed by atoms with Gasteiger partial charge in [0.1, 0.15) is 4.99 Å². The Morgan fingerprint density at radius 3 is 2.26 bits per heavy atom. The van der Waals surface area contributed by atoms with E-state index in [9.17, 15) is 4.79 Å². The minimum Gasteiger partial charge on any atom is -0.389 e. The molecule has 2 N–H and O–H groups in total. The third-order valence-corrected chi connectivity index (χ3v) is 3.71. The number of benzene rings is 1. The highest BCUT2D eigenvalue weighted by Gasteiger charge is 2.23. The summed E-state index contributed by atoms with van der Waals surface area (Å²) < 4.78 is 5.30. The van der Waals surface area contributed by atoms with Gasteiger partial charge >= 0.3 is 0 Å². The number of nitrogens with two attached hydrogens (primary N) is 1. The molecular formula is C14H18N2O2S. The van der Waals surface area contributed by atoms with E-state index in [1.807, 2.05) is 4.90 Å². The van der Waals surface area contributed by atoms with Crippen molar-refractivity contribution in [2.45, 2.75) is 18.9 Å². The fourth-order valence-electron chi connectivity index (χ4n) is 2.25. The number of methoxy groups -OCH3 is 1. The molecule has 0 aliphatic carbocycles. The van der Waals surface area contributed by atoms with E-state index in [4.69, 9.17) is 22.7 Å². The second-order valence-electron chi connectivity index (χ2n) is 4.67. The molecule has 0 aromatic heterocycles. The Bertz CT molecular complexity index is 465. The van der Waals surface area contributed by atoms with Crippen LogP contribution in [0, 0.1) is 0 Å². The Kier molecular flexibility index (Phi) is 4.50. The zero-order chi connectivity index (χ0) is 13.8. The molecule has 5 heteroatoms. The molecule has 0 radical (unpaired) electrons. The summed E-state index contributed by atoms with van der Waals surface area (Å²) in [6, 6.07) is 7.13. The highest BCUT2D eigenvalue weighted by atomic mass is 32.1. The maximum Gasteiger partial charge on any atom is 0.253 e. The standard InChI is InChI=1S/C14H18N2O2S/c1-18-12-6-8-16(9-7-12)14(17)11-4-2-10(3-5-11)13(15)19/h2-5,12H,6-9H2,1H3,(H2,15,19). The number of carbonyl (C=O) groups excluding carboxylic acids is 1. The first-order valence-corrected chi connectivity index (χ1v) is 6.74. The smallest absolute Gasteiger partial charge is 0.253 e. The molecule has 1 amide bonds. The summed E-state index contributed by atoms with van der Waals surface area (Å²) in [7, 11) is 1.72. The molecule has 4 nitrogen and oxygen atoms in total. The predicted octanol–water partition coefficient (Wildman–Crippen LogP) is 1.57. The minimum atomic E-state index is 0.0593. The normalized spacial score (nSPS) is 16.4. The number of nitrogens with zero attached hydrogens (tertiary/aromatic N) is 1. The van der Waals surface area contributed by atoms with E-state index >= 15 is 0 Å². The Morgan fingerprint density at radius 1 is 1.26 bits per heavy atom. The van der Waals surface area contributed by atoms with Crippen molar-refractivity contribution in [3.05, 3.63) is 35.4 Å². The first-order valence-electron chi connectivity index (χ1n) is 6.33. The fraction of sp³-hybridized carbons (Fsp3) is 0.429. The van der Waals surface area contributed by atoms with Gasteiger partial charge in [0.05, 0.1) is 6.10 Å². The fourth-order valence-corrected chi connectivity index (χ4v) is 2.39. The van der Waals surface area contributed by atoms with Crippen molar-refractivity contribution < 1.29 is 9.53 Å². The molecule has 2 rings (SSSR count). The van der Waals surface area contributed by atoms with E-state index in [1.165, 1.54) is 0 Å². The number of hydrogen-bond donors (Lipinski definition) is 1. The average molecular weight is 278 g/mol. The predicted molar refractivity (Wildman–Crippen MR) is 78.3 cm³/mol. The van der Waals surface area contributed by atoms with E-state index < -0.39 is 0 Å². The van der Waals surface area contributed by atoms with Crippen LogP contribution in [0.3, 0.4) is 0 Å². The molecule has 0 saturated carbocycles. The van der Waals surface area contributed by atoms with Gasteiger partial charge in [-0.15, -0.1) is 0 Å². The van der Waals surface area contributed by atoms with Crippen molar-refractivity contribution in [2.24, 2.45) is 5.73 Å². The third kappa shape index (κ3) is 3.30. The van der Waals surface area contributed by atoms with Crippen molar-refractivity contribution in [3.63, 3.8) is 0 Å². The molecule has 1 heterocycles. The maximum atomic E-state index is 12.3. The molecule has 1 fully saturated rings. The van der Waals surface area contributed by atoms with Gasteiger partial charge in [0.15, 0.2) is 0 Å². The van der Waals surface area contributed by atoms with Crippen molar-refractivity contribution in [3.8, 4) is 0 Å². The van der Waals surface area contributed by atoms with Crippen LogP contribution in [0.5, 0.6) is 0 Å². The zero-order valence-electron chi connectivity index (χ0n) is 11.0. The largest absolute Gasteiger partial charge is 0.389 e. The van der Waals surface area contributed by atoms with Gasteiger partial charge in [-0.3, -0.25) is 4.79 Å². The van der Waals surface area contributed by atoms with Crippen molar-refractivity contribution in [1.82, 2.24) is 4.90 Å². The van der Waals surface area contributed by atoms with E-state index in [1.54, 1.807) is 31.4 Å². The Labute approximate surface area is 118 Å². The van der Waals surface area contributed by atoms with Crippen molar-refractivity contribution in [1.29, 1.82) is 0 Å². The Morgan fingerprint density at radius 2 is 1.79 bits per heavy atom. The van der Waals surface area contributed by atoms with E-state index in [0.717, 1.165) is 31.5 Å². The van der Waals surface area contributed by atoms with Crippen molar-refractivity contribution >= 4 is 23.1 Å². The van der Waals surface area contributed by atoms with Crippen LogP contribution in [-0.4, -0.2) is 42.1 Å². The van der Waals surface area contributed by atoms with E-state index in [-0.39, 0.29) is 12.0 Å². The van der Waals surface area contributed by atoms with Gasteiger partial charge in [-0.05, 0) is 25.0 Å². The SMILES string of the molecule is COC1CCN(C(=O)c2ccc(C(N)=S)cc2)CC1. The van der Waals surface area contributed by atoms with Crippen LogP contribution in [-0.2, 0) is 4.74 Å². The number of amides is 1. The monoisotopic (exact) mass is 278 g/mol. The molecule has 1 aromatic rings. The summed E-state index contributed by atoms with van der Waals surface area (Å²) >= 11 is 4.89. The van der Waals surface area contributed by atoms with Gasteiger partial charge in [-0.2, -0.15) is 0 Å². The minimum absolute atomic E-state index is 0.0593. The first-order chi connectivity index (χ1) is 9.11. The Balaban J connectivity index is 2.02. The Hall–Kier alpha value is -1.46. The van der Waals surface area contributed by atoms with Crippen molar-refractivity contribution in [2.75, 3.05) is 20.2 Å². The molecule has 1 saturated heterocycles. The maximum absolute atomic E-state index is 12.3. The zero-order valence-corrected chi connectivity index (χ0v) is 11.8. The van der Waals surface area contributed by atoms with Gasteiger partial charge in [-0.1, -0.05) is 24.4 Å². The molecule has 1 aliphatic heterocycles. The molecule has 1 aromatic carbocycles. The number of carbonyl (C=O) groups is 1. The molecule has 19 heavy (non-hydrogen) atoms. The van der Waals surface area contributed by atoms with E-state index in [0.29, 0.717) is 10.6 Å². The summed E-state index contributed by atoms with van der Waals surface area (Å²) in [4.78, 5) is 14.5. The lowest BCUT2D eigenvalue weighted by molar-refractivity contribution is 0.0351. The van der Waals surface area contributed by atoms with Crippen LogP contribution in [0.2, 0.25) is 0 Å². The van der Waals surface area contributed by atoms with Gasteiger partial charge < -0.3 is 15.4 Å². The summed E-state index contributed by atoms with van der Waals surface area (Å²) in [5.74, 6) is 0.0593. The van der Waals surface area contributed by atoms with Gasteiger partial charge in [0.25, 0.3) is 5.91 Å². The summed E-state index contributed by atoms with van der Waals surface area (Å²) in [5, 5.41) is 0. The molecule has 102 valence electrons. The second-order valence-corrected chi connectivity index (χ2v) is 5.11. The van der Waals surface area contributed by atoms with Gasteiger partial charge in [-0.25, -0.2) is 0 Å². The highest BCUT2D eigenvalue weighted by Crippen LogP contribution is 2.16. The van der Waals surface area contributed by atoms with Gasteiger partial charge in [0, 0.05) is 31.3 Å². The van der Waals surface area contributed by atoms with Crippen LogP contribution in [0.4, 0.5) is 0 Å². The number of hydrogen-bond acceptors (Lipinski definition) is 3. The molecule has 1 aliphatic rings. The lowest BCUT2D eigenvalue weighted by Crippen LogP contribution is -2.40. The average Bonchev–Trinajstić information content (AvgIpc) is 2.46. The summed E-state index contributed by atoms with van der Waals surface area (Å²) in [6.07, 6.45) is 2.07. The van der Waals surface area contributed by atoms with Crippen LogP contribution in [0.15, 0.2) is 24.3 Å². The molecule has 0 spiro atoms. The molecule has 0 bridgehead atoms. The lowest BCUT2D eigenvalue weighted by atomic mass is 10.1. The van der Waals surface area contributed by atoms with Crippen LogP contribution in [0.1, 0.15) is 28.8 Å². The van der Waals surface area contributed by atoms with E-state index in [2.05, 4.69) is 0 Å². The molecule has 0 unspecified atom stereocenters. The number of ether oxygens (including phenoxy) is 1. The quantitative estimate of drug-likeness (QED) is 0.853. The summed E-state index contributed by atoms with van der Waals surface area (Å²) in [5.41, 5.74) is 6.99. The second kappa shape index (κ2) is 6.12. The van der Waals surface area contributed by atoms with Crippen LogP contribution >= 0.6 is 12.2 Å². The molecular weight excluding hydrogens is 260 g/mol.